The Balaban J connectivity index is 1.10. The van der Waals surface area contributed by atoms with Crippen LogP contribution in [-0.4, -0.2) is 108 Å². The summed E-state index contributed by atoms with van der Waals surface area (Å²) < 4.78 is 0. The number of rotatable bonds is 10. The Morgan fingerprint density at radius 1 is 1.07 bits per heavy atom. The summed E-state index contributed by atoms with van der Waals surface area (Å²) in [5.74, 6) is 1.61. The molecule has 0 saturated carbocycles. The number of halogens is 1. The maximum Gasteiger partial charge on any atom is 0.241 e. The zero-order chi connectivity index (χ0) is 30.6. The van der Waals surface area contributed by atoms with Crippen molar-refractivity contribution in [2.45, 2.75) is 42.5 Å². The van der Waals surface area contributed by atoms with Gasteiger partial charge in [0.25, 0.3) is 0 Å². The molecule has 3 aliphatic heterocycles. The normalized spacial score (nSPS) is 21.8. The van der Waals surface area contributed by atoms with Crippen molar-refractivity contribution in [1.82, 2.24) is 35.4 Å². The number of thioether (sulfide) groups is 1. The second-order valence-electron chi connectivity index (χ2n) is 12.7. The summed E-state index contributed by atoms with van der Waals surface area (Å²) in [4.78, 5) is 32.9. The maximum absolute atomic E-state index is 14.1. The number of fused-ring (bicyclic) bond motifs is 1. The Morgan fingerprint density at radius 2 is 1.77 bits per heavy atom. The Bertz CT molecular complexity index is 1380. The first-order valence-electron chi connectivity index (χ1n) is 16.0. The van der Waals surface area contributed by atoms with Gasteiger partial charge < -0.3 is 36.1 Å². The summed E-state index contributed by atoms with van der Waals surface area (Å²) in [5, 5.41) is 8.62. The molecule has 0 radical (unpaired) electrons. The minimum absolute atomic E-state index is 0.0947. The number of anilines is 1. The van der Waals surface area contributed by atoms with Gasteiger partial charge in [-0.3, -0.25) is 4.79 Å². The van der Waals surface area contributed by atoms with Gasteiger partial charge in [-0.05, 0) is 81.1 Å². The zero-order valence-electron chi connectivity index (χ0n) is 25.7. The molecule has 6 rings (SSSR count). The van der Waals surface area contributed by atoms with Gasteiger partial charge in [0.05, 0.1) is 10.9 Å². The maximum atomic E-state index is 14.1. The topological polar surface area (TPSA) is 118 Å². The Kier molecular flexibility index (Phi) is 9.99. The van der Waals surface area contributed by atoms with E-state index >= 15 is 0 Å². The highest BCUT2D eigenvalue weighted by Gasteiger charge is 2.43. The lowest BCUT2D eigenvalue weighted by Crippen LogP contribution is -2.62. The largest absolute Gasteiger partial charge is 0.356 e. The van der Waals surface area contributed by atoms with Crippen molar-refractivity contribution in [2.75, 3.05) is 76.6 Å². The Morgan fingerprint density at radius 3 is 2.48 bits per heavy atom. The fraction of sp³-hybridized carbons (Fsp3) is 0.594. The van der Waals surface area contributed by atoms with Crippen molar-refractivity contribution in [3.63, 3.8) is 0 Å². The van der Waals surface area contributed by atoms with Crippen LogP contribution in [-0.2, 0) is 9.67 Å². The molecule has 10 nitrogen and oxygen atoms in total. The molecule has 0 aliphatic carbocycles. The molecular weight excluding hydrogens is 594 g/mol. The van der Waals surface area contributed by atoms with Crippen LogP contribution in [0.25, 0.3) is 11.0 Å². The second-order valence-corrected chi connectivity index (χ2v) is 14.2. The standard InChI is InChI=1S/C32H46ClN9OS/c1-44-32(25-2-4-26(33)5-3-25,11-15-40-18-20-41(21-19-40)22-24-6-12-35-13-7-24)39-30(43)31(34)9-16-42(17-10-31)29-27-8-14-36-28(27)37-23-38-29/h2-5,8,14,23-24,35H,6-7,9-13,15-22,34H2,1H3,(H,39,43)(H,36,37,38). The number of aromatic amines is 1. The molecule has 3 aliphatic rings. The lowest BCUT2D eigenvalue weighted by Gasteiger charge is -2.43. The molecule has 5 N–H and O–H groups in total. The number of hydrogen-bond donors (Lipinski definition) is 4. The average molecular weight is 640 g/mol. The molecule has 12 heteroatoms. The summed E-state index contributed by atoms with van der Waals surface area (Å²) in [6.45, 7) is 10.0. The molecule has 1 unspecified atom stereocenters. The van der Waals surface area contributed by atoms with Crippen molar-refractivity contribution < 1.29 is 4.79 Å². The monoisotopic (exact) mass is 639 g/mol. The van der Waals surface area contributed by atoms with Gasteiger partial charge in [0.2, 0.25) is 5.91 Å². The average Bonchev–Trinajstić information content (AvgIpc) is 3.54. The number of piperazine rings is 1. The van der Waals surface area contributed by atoms with Crippen molar-refractivity contribution in [1.29, 1.82) is 0 Å². The summed E-state index contributed by atoms with van der Waals surface area (Å²) in [6, 6.07) is 9.90. The van der Waals surface area contributed by atoms with E-state index in [2.05, 4.69) is 46.5 Å². The van der Waals surface area contributed by atoms with Crippen molar-refractivity contribution in [2.24, 2.45) is 11.7 Å². The molecule has 2 aromatic heterocycles. The summed E-state index contributed by atoms with van der Waals surface area (Å²) in [6.07, 6.45) is 9.97. The number of piperidine rings is 2. The predicted molar refractivity (Wildman–Crippen MR) is 180 cm³/mol. The van der Waals surface area contributed by atoms with Crippen LogP contribution in [0.15, 0.2) is 42.9 Å². The molecule has 0 spiro atoms. The van der Waals surface area contributed by atoms with Crippen LogP contribution in [0.2, 0.25) is 5.02 Å². The van der Waals surface area contributed by atoms with E-state index in [9.17, 15) is 4.79 Å². The van der Waals surface area contributed by atoms with Gasteiger partial charge in [0.1, 0.15) is 22.7 Å². The second kappa shape index (κ2) is 13.9. The van der Waals surface area contributed by atoms with E-state index in [0.29, 0.717) is 31.0 Å². The van der Waals surface area contributed by atoms with Gasteiger partial charge in [-0.25, -0.2) is 9.97 Å². The summed E-state index contributed by atoms with van der Waals surface area (Å²) in [5.41, 5.74) is 7.80. The Hall–Kier alpha value is -2.41. The van der Waals surface area contributed by atoms with Crippen molar-refractivity contribution in [3.05, 3.63) is 53.4 Å². The number of carbonyl (C=O) groups excluding carboxylic acids is 1. The van der Waals surface area contributed by atoms with Gasteiger partial charge in [-0.1, -0.05) is 23.7 Å². The summed E-state index contributed by atoms with van der Waals surface area (Å²) >= 11 is 7.96. The first kappa shape index (κ1) is 31.6. The minimum atomic E-state index is -0.964. The van der Waals surface area contributed by atoms with Gasteiger partial charge in [-0.15, -0.1) is 11.8 Å². The number of benzene rings is 1. The van der Waals surface area contributed by atoms with Crippen LogP contribution in [0.5, 0.6) is 0 Å². The van der Waals surface area contributed by atoms with Gasteiger partial charge >= 0.3 is 0 Å². The Labute approximate surface area is 269 Å². The smallest absolute Gasteiger partial charge is 0.241 e. The van der Waals surface area contributed by atoms with Gasteiger partial charge in [0, 0.05) is 63.6 Å². The molecule has 238 valence electrons. The molecule has 44 heavy (non-hydrogen) atoms. The highest BCUT2D eigenvalue weighted by atomic mass is 35.5. The number of H-pyrrole nitrogens is 1. The third-order valence-corrected chi connectivity index (χ3v) is 11.4. The van der Waals surface area contributed by atoms with E-state index in [1.807, 2.05) is 36.5 Å². The molecule has 1 aromatic carbocycles. The number of aromatic nitrogens is 3. The van der Waals surface area contributed by atoms with Crippen LogP contribution in [0.1, 0.15) is 37.7 Å². The molecule has 3 fully saturated rings. The fourth-order valence-electron chi connectivity index (χ4n) is 6.97. The van der Waals surface area contributed by atoms with E-state index in [0.717, 1.165) is 80.6 Å². The van der Waals surface area contributed by atoms with Crippen molar-refractivity contribution in [3.8, 4) is 0 Å². The number of nitrogens with two attached hydrogens (primary N) is 1. The SMILES string of the molecule is CSC(CCN1CCN(CC2CCNCC2)CC1)(NC(=O)C1(N)CCN(c2ncnc3[nH]ccc23)CC1)c1ccc(Cl)cc1. The fourth-order valence-corrected chi connectivity index (χ4v) is 7.96. The van der Waals surface area contributed by atoms with Gasteiger partial charge in [0.15, 0.2) is 0 Å². The lowest BCUT2D eigenvalue weighted by molar-refractivity contribution is -0.128. The zero-order valence-corrected chi connectivity index (χ0v) is 27.3. The number of nitrogens with one attached hydrogen (secondary N) is 3. The van der Waals surface area contributed by atoms with Crippen LogP contribution < -0.4 is 21.3 Å². The van der Waals surface area contributed by atoms with Crippen LogP contribution in [0.4, 0.5) is 5.82 Å². The molecule has 1 atom stereocenters. The molecule has 5 heterocycles. The summed E-state index contributed by atoms with van der Waals surface area (Å²) in [7, 11) is 0. The molecule has 3 aromatic rings. The number of hydrogen-bond acceptors (Lipinski definition) is 9. The first-order valence-corrected chi connectivity index (χ1v) is 17.6. The van der Waals surface area contributed by atoms with E-state index in [1.165, 1.54) is 19.4 Å². The quantitative estimate of drug-likeness (QED) is 0.248. The number of carbonyl (C=O) groups is 1. The van der Waals surface area contributed by atoms with Crippen LogP contribution in [0.3, 0.4) is 0 Å². The van der Waals surface area contributed by atoms with Crippen LogP contribution in [0, 0.1) is 5.92 Å². The van der Waals surface area contributed by atoms with Crippen molar-refractivity contribution >= 4 is 46.1 Å². The molecule has 0 bridgehead atoms. The minimum Gasteiger partial charge on any atom is -0.356 e. The highest BCUT2D eigenvalue weighted by Crippen LogP contribution is 2.38. The molecule has 3 saturated heterocycles. The highest BCUT2D eigenvalue weighted by molar-refractivity contribution is 7.99. The van der Waals surface area contributed by atoms with Gasteiger partial charge in [-0.2, -0.15) is 0 Å². The van der Waals surface area contributed by atoms with E-state index in [1.54, 1.807) is 18.1 Å². The van der Waals surface area contributed by atoms with E-state index in [-0.39, 0.29) is 5.91 Å². The molecule has 1 amide bonds. The number of amides is 1. The number of nitrogens with zero attached hydrogens (tertiary/aromatic N) is 5. The molecular formula is C32H46ClN9OS. The predicted octanol–water partition coefficient (Wildman–Crippen LogP) is 3.25. The van der Waals surface area contributed by atoms with E-state index < -0.39 is 10.4 Å². The van der Waals surface area contributed by atoms with E-state index in [4.69, 9.17) is 17.3 Å². The lowest BCUT2D eigenvalue weighted by atomic mass is 9.86. The van der Waals surface area contributed by atoms with Crippen LogP contribution >= 0.6 is 23.4 Å². The third-order valence-electron chi connectivity index (χ3n) is 9.93. The third kappa shape index (κ3) is 7.03. The first-order chi connectivity index (χ1) is 21.4.